The molecule has 0 N–H and O–H groups in total. The normalized spacial score (nSPS) is 11.0. The Hall–Kier alpha value is -3.71. The monoisotopic (exact) mass is 445 g/mol. The molecule has 0 aliphatic carbocycles. The summed E-state index contributed by atoms with van der Waals surface area (Å²) < 4.78 is 0. The molecule has 0 unspecified atom stereocenters. The third-order valence-electron chi connectivity index (χ3n) is 5.26. The van der Waals surface area contributed by atoms with Gasteiger partial charge in [0.1, 0.15) is 0 Å². The summed E-state index contributed by atoms with van der Waals surface area (Å²) in [6, 6.07) is 27.4. The van der Waals surface area contributed by atoms with Crippen molar-refractivity contribution in [1.29, 1.82) is 0 Å². The number of nitrogens with zero attached hydrogens (tertiary/aromatic N) is 3. The zero-order valence-electron chi connectivity index (χ0n) is 18.7. The van der Waals surface area contributed by atoms with Crippen LogP contribution in [0.15, 0.2) is 91.0 Å². The Balaban J connectivity index is 2.39. The van der Waals surface area contributed by atoms with Crippen LogP contribution in [-0.2, 0) is 14.4 Å². The maximum atomic E-state index is 13.2. The Bertz CT molecular complexity index is 952. The van der Waals surface area contributed by atoms with Gasteiger partial charge in [0.15, 0.2) is 5.41 Å². The number of carbonyl (C=O) groups excluding carboxylic acids is 3. The zero-order chi connectivity index (χ0) is 23.3. The number of benzene rings is 3. The van der Waals surface area contributed by atoms with Crippen molar-refractivity contribution in [2.75, 3.05) is 14.7 Å². The highest BCUT2D eigenvalue weighted by Crippen LogP contribution is 2.36. The molecular formula is C25H27N3O3Si. The molecule has 0 saturated carbocycles. The van der Waals surface area contributed by atoms with E-state index in [9.17, 15) is 14.4 Å². The maximum absolute atomic E-state index is 13.2. The summed E-state index contributed by atoms with van der Waals surface area (Å²) in [5, 5.41) is 0. The Kier molecular flexibility index (Phi) is 6.90. The first-order valence-electron chi connectivity index (χ1n) is 10.4. The van der Waals surface area contributed by atoms with Crippen LogP contribution in [0.3, 0.4) is 0 Å². The molecule has 0 heterocycles. The predicted octanol–water partition coefficient (Wildman–Crippen LogP) is 3.12. The standard InChI is InChI=1S/C25H27N3O3Si/c1-19(29)26(22-13-7-4-8-14-22)25(32,27(20(2)30)23-15-9-5-10-16-23)28(21(3)31)24-17-11-6-12-18-24/h4-18H,1-3,32H3. The molecular weight excluding hydrogens is 418 g/mol. The number of carbonyl (C=O) groups is 3. The van der Waals surface area contributed by atoms with Gasteiger partial charge in [-0.15, -0.1) is 0 Å². The van der Waals surface area contributed by atoms with Crippen LogP contribution in [0.1, 0.15) is 20.8 Å². The molecule has 3 aromatic rings. The Labute approximate surface area is 191 Å². The van der Waals surface area contributed by atoms with Gasteiger partial charge in [-0.3, -0.25) is 29.1 Å². The van der Waals surface area contributed by atoms with Gasteiger partial charge in [-0.05, 0) is 36.4 Å². The van der Waals surface area contributed by atoms with Crippen molar-refractivity contribution in [2.45, 2.75) is 26.2 Å². The lowest BCUT2D eigenvalue weighted by Crippen LogP contribution is -2.75. The Morgan fingerprint density at radius 2 is 0.750 bits per heavy atom. The first-order valence-corrected chi connectivity index (χ1v) is 11.4. The number of hydrogen-bond donors (Lipinski definition) is 0. The van der Waals surface area contributed by atoms with Gasteiger partial charge in [-0.1, -0.05) is 54.6 Å². The van der Waals surface area contributed by atoms with Gasteiger partial charge in [-0.25, -0.2) is 0 Å². The molecule has 32 heavy (non-hydrogen) atoms. The molecule has 3 rings (SSSR count). The van der Waals surface area contributed by atoms with E-state index in [4.69, 9.17) is 0 Å². The summed E-state index contributed by atoms with van der Waals surface area (Å²) in [5.74, 6) is -0.846. The summed E-state index contributed by atoms with van der Waals surface area (Å²) in [6.45, 7) is 4.35. The smallest absolute Gasteiger partial charge is 0.226 e. The summed E-state index contributed by atoms with van der Waals surface area (Å²) in [5.41, 5.74) is 0.409. The van der Waals surface area contributed by atoms with Crippen LogP contribution >= 0.6 is 0 Å². The molecule has 0 fully saturated rings. The van der Waals surface area contributed by atoms with E-state index in [1.54, 1.807) is 51.1 Å². The molecule has 0 bridgehead atoms. The predicted molar refractivity (Wildman–Crippen MR) is 131 cm³/mol. The number of rotatable bonds is 6. The van der Waals surface area contributed by atoms with Crippen molar-refractivity contribution in [1.82, 2.24) is 0 Å². The van der Waals surface area contributed by atoms with Crippen molar-refractivity contribution in [3.05, 3.63) is 91.0 Å². The maximum Gasteiger partial charge on any atom is 0.226 e. The van der Waals surface area contributed by atoms with Crippen molar-refractivity contribution in [3.8, 4) is 0 Å². The molecule has 0 aliphatic heterocycles. The first kappa shape index (κ1) is 23.0. The van der Waals surface area contributed by atoms with E-state index in [0.717, 1.165) is 0 Å². The third kappa shape index (κ3) is 4.33. The van der Waals surface area contributed by atoms with Gasteiger partial charge in [-0.2, -0.15) is 0 Å². The van der Waals surface area contributed by atoms with Gasteiger partial charge in [0, 0.05) is 37.8 Å². The molecule has 0 radical (unpaired) electrons. The zero-order valence-corrected chi connectivity index (χ0v) is 20.7. The van der Waals surface area contributed by atoms with Crippen LogP contribution in [-0.4, -0.2) is 33.4 Å². The third-order valence-corrected chi connectivity index (χ3v) is 6.60. The van der Waals surface area contributed by atoms with Gasteiger partial charge >= 0.3 is 0 Å². The number of para-hydroxylation sites is 3. The lowest BCUT2D eigenvalue weighted by atomic mass is 10.2. The fourth-order valence-corrected chi connectivity index (χ4v) is 5.92. The van der Waals surface area contributed by atoms with Crippen LogP contribution in [0.5, 0.6) is 0 Å². The highest BCUT2D eigenvalue weighted by molar-refractivity contribution is 6.29. The second-order valence-corrected chi connectivity index (χ2v) is 8.88. The van der Waals surface area contributed by atoms with Crippen LogP contribution in [0, 0.1) is 0 Å². The minimum Gasteiger partial charge on any atom is -0.275 e. The van der Waals surface area contributed by atoms with E-state index >= 15 is 0 Å². The molecule has 0 aromatic heterocycles. The average Bonchev–Trinajstić information content (AvgIpc) is 2.75. The summed E-state index contributed by atoms with van der Waals surface area (Å²) in [7, 11) is 0.231. The molecule has 3 amide bonds. The molecule has 3 aromatic carbocycles. The Morgan fingerprint density at radius 1 is 0.531 bits per heavy atom. The Morgan fingerprint density at radius 3 is 0.938 bits per heavy atom. The molecule has 0 aliphatic rings. The lowest BCUT2D eigenvalue weighted by molar-refractivity contribution is -0.120. The van der Waals surface area contributed by atoms with E-state index < -0.39 is 5.41 Å². The van der Waals surface area contributed by atoms with Gasteiger partial charge in [0.25, 0.3) is 0 Å². The number of hydrogen-bond acceptors (Lipinski definition) is 3. The molecule has 7 heteroatoms. The molecule has 0 atom stereocenters. The number of anilines is 3. The van der Waals surface area contributed by atoms with E-state index in [0.29, 0.717) is 17.1 Å². The second kappa shape index (κ2) is 9.61. The first-order chi connectivity index (χ1) is 15.3. The van der Waals surface area contributed by atoms with Crippen LogP contribution in [0.4, 0.5) is 17.1 Å². The van der Waals surface area contributed by atoms with Crippen molar-refractivity contribution >= 4 is 45.0 Å². The van der Waals surface area contributed by atoms with E-state index in [1.165, 1.54) is 20.8 Å². The van der Waals surface area contributed by atoms with Gasteiger partial charge < -0.3 is 0 Å². The highest BCUT2D eigenvalue weighted by Gasteiger charge is 2.49. The van der Waals surface area contributed by atoms with Crippen molar-refractivity contribution in [2.24, 2.45) is 0 Å². The minimum absolute atomic E-state index is 0.231. The van der Waals surface area contributed by atoms with Crippen molar-refractivity contribution < 1.29 is 14.4 Å². The van der Waals surface area contributed by atoms with Crippen LogP contribution < -0.4 is 14.7 Å². The van der Waals surface area contributed by atoms with E-state index in [1.807, 2.05) is 54.6 Å². The SMILES string of the molecule is CC(=O)N(c1ccccc1)C([SiH3])(N(C(C)=O)c1ccccc1)N(C(C)=O)c1ccccc1. The van der Waals surface area contributed by atoms with Crippen molar-refractivity contribution in [3.63, 3.8) is 0 Å². The van der Waals surface area contributed by atoms with Crippen LogP contribution in [0.25, 0.3) is 0 Å². The molecule has 0 spiro atoms. The quantitative estimate of drug-likeness (QED) is 0.433. The van der Waals surface area contributed by atoms with Gasteiger partial charge in [0.05, 0.1) is 10.2 Å². The summed E-state index contributed by atoms with van der Waals surface area (Å²) in [4.78, 5) is 44.2. The molecule has 6 nitrogen and oxygen atoms in total. The number of amides is 3. The largest absolute Gasteiger partial charge is 0.275 e. The topological polar surface area (TPSA) is 60.9 Å². The van der Waals surface area contributed by atoms with E-state index in [-0.39, 0.29) is 28.0 Å². The minimum atomic E-state index is -1.38. The van der Waals surface area contributed by atoms with Crippen LogP contribution in [0.2, 0.25) is 0 Å². The summed E-state index contributed by atoms with van der Waals surface area (Å²) in [6.07, 6.45) is 0. The fraction of sp³-hybridized carbons (Fsp3) is 0.160. The average molecular weight is 446 g/mol. The molecule has 164 valence electrons. The second-order valence-electron chi connectivity index (χ2n) is 7.54. The van der Waals surface area contributed by atoms with E-state index in [2.05, 4.69) is 0 Å². The lowest BCUT2D eigenvalue weighted by Gasteiger charge is -2.53. The van der Waals surface area contributed by atoms with Gasteiger partial charge in [0.2, 0.25) is 17.7 Å². The molecule has 0 saturated heterocycles. The highest BCUT2D eigenvalue weighted by atomic mass is 28.1. The summed E-state index contributed by atoms with van der Waals surface area (Å²) >= 11 is 0. The fourth-order valence-electron chi connectivity index (χ4n) is 4.21.